The molecule has 0 aliphatic carbocycles. The van der Waals surface area contributed by atoms with Gasteiger partial charge in [-0.25, -0.2) is 4.68 Å². The Kier molecular flexibility index (Phi) is 4.93. The van der Waals surface area contributed by atoms with Gasteiger partial charge in [-0.05, 0) is 16.0 Å². The highest BCUT2D eigenvalue weighted by Gasteiger charge is 2.13. The van der Waals surface area contributed by atoms with Crippen LogP contribution in [0.5, 0.6) is 0 Å². The van der Waals surface area contributed by atoms with Gasteiger partial charge in [0.15, 0.2) is 0 Å². The summed E-state index contributed by atoms with van der Waals surface area (Å²) < 4.78 is 1.58. The molecule has 2 heterocycles. The molecule has 0 unspecified atom stereocenters. The van der Waals surface area contributed by atoms with E-state index in [0.29, 0.717) is 22.5 Å². The highest BCUT2D eigenvalue weighted by molar-refractivity contribution is 7.98. The van der Waals surface area contributed by atoms with Crippen molar-refractivity contribution in [2.24, 2.45) is 7.05 Å². The summed E-state index contributed by atoms with van der Waals surface area (Å²) in [5, 5.41) is 23.8. The number of hydrogen-bond donors (Lipinski definition) is 1. The van der Waals surface area contributed by atoms with Crippen molar-refractivity contribution in [3.63, 3.8) is 0 Å². The Hall–Kier alpha value is -2.33. The molecule has 0 saturated carbocycles. The van der Waals surface area contributed by atoms with Crippen LogP contribution in [0.15, 0.2) is 35.5 Å². The number of amides is 1. The topological polar surface area (TPSA) is 98.5 Å². The van der Waals surface area contributed by atoms with Crippen LogP contribution in [0.1, 0.15) is 20.4 Å². The van der Waals surface area contributed by atoms with Crippen LogP contribution in [0.2, 0.25) is 0 Å². The molecular weight excluding hydrogens is 334 g/mol. The average molecular weight is 347 g/mol. The number of rotatable bonds is 6. The maximum atomic E-state index is 12.1. The number of hydrogen-bond acceptors (Lipinski definition) is 8. The van der Waals surface area contributed by atoms with Crippen molar-refractivity contribution >= 4 is 29.0 Å². The molecule has 1 amide bonds. The van der Waals surface area contributed by atoms with E-state index < -0.39 is 0 Å². The number of nitrogens with zero attached hydrogens (tertiary/aromatic N) is 6. The predicted octanol–water partition coefficient (Wildman–Crippen LogP) is 1.28. The number of tetrazole rings is 1. The molecule has 23 heavy (non-hydrogen) atoms. The minimum absolute atomic E-state index is 0.220. The molecule has 0 aliphatic heterocycles. The summed E-state index contributed by atoms with van der Waals surface area (Å²) in [7, 11) is 1.77. The fourth-order valence-electron chi connectivity index (χ4n) is 1.73. The van der Waals surface area contributed by atoms with E-state index in [1.807, 2.05) is 30.3 Å². The number of thioether (sulfide) groups is 1. The second-order valence-corrected chi connectivity index (χ2v) is 6.55. The molecule has 10 heteroatoms. The van der Waals surface area contributed by atoms with Crippen molar-refractivity contribution in [2.75, 3.05) is 0 Å². The molecule has 1 N–H and O–H groups in total. The van der Waals surface area contributed by atoms with E-state index in [0.717, 1.165) is 10.6 Å². The van der Waals surface area contributed by atoms with Gasteiger partial charge in [0.1, 0.15) is 5.01 Å². The Morgan fingerprint density at radius 1 is 1.26 bits per heavy atom. The molecule has 1 aromatic carbocycles. The van der Waals surface area contributed by atoms with Gasteiger partial charge in [-0.3, -0.25) is 4.79 Å². The molecule has 0 atom stereocenters. The molecule has 118 valence electrons. The molecule has 3 aromatic rings. The van der Waals surface area contributed by atoms with Crippen molar-refractivity contribution in [1.82, 2.24) is 35.7 Å². The lowest BCUT2D eigenvalue weighted by Gasteiger charge is -2.02. The Bertz CT molecular complexity index is 786. The summed E-state index contributed by atoms with van der Waals surface area (Å²) in [5.74, 6) is 0.348. The predicted molar refractivity (Wildman–Crippen MR) is 85.9 cm³/mol. The Morgan fingerprint density at radius 2 is 2.09 bits per heavy atom. The first-order valence-corrected chi connectivity index (χ1v) is 8.52. The van der Waals surface area contributed by atoms with E-state index in [2.05, 4.69) is 31.0 Å². The second kappa shape index (κ2) is 7.29. The number of aryl methyl sites for hydroxylation is 1. The van der Waals surface area contributed by atoms with E-state index in [-0.39, 0.29) is 5.91 Å². The molecule has 0 aliphatic rings. The SMILES string of the molecule is Cn1nnnc1SCc1nnc(C(=O)NCc2ccccc2)s1. The lowest BCUT2D eigenvalue weighted by Crippen LogP contribution is -2.22. The number of nitrogens with one attached hydrogen (secondary N) is 1. The first kappa shape index (κ1) is 15.6. The van der Waals surface area contributed by atoms with Gasteiger partial charge in [0.05, 0.1) is 5.75 Å². The van der Waals surface area contributed by atoms with Gasteiger partial charge in [-0.1, -0.05) is 53.4 Å². The molecule has 2 aromatic heterocycles. The first-order valence-electron chi connectivity index (χ1n) is 6.72. The van der Waals surface area contributed by atoms with Crippen LogP contribution in [0, 0.1) is 0 Å². The van der Waals surface area contributed by atoms with E-state index in [1.165, 1.54) is 23.1 Å². The van der Waals surface area contributed by atoms with Crippen LogP contribution in [0.4, 0.5) is 0 Å². The number of benzene rings is 1. The van der Waals surface area contributed by atoms with E-state index >= 15 is 0 Å². The van der Waals surface area contributed by atoms with Crippen molar-refractivity contribution in [2.45, 2.75) is 17.5 Å². The molecule has 8 nitrogen and oxygen atoms in total. The zero-order chi connectivity index (χ0) is 16.1. The van der Waals surface area contributed by atoms with Crippen LogP contribution in [0.25, 0.3) is 0 Å². The monoisotopic (exact) mass is 347 g/mol. The highest BCUT2D eigenvalue weighted by atomic mass is 32.2. The molecule has 0 saturated heterocycles. The van der Waals surface area contributed by atoms with Gasteiger partial charge in [-0.2, -0.15) is 0 Å². The number of carbonyl (C=O) groups excluding carboxylic acids is 1. The summed E-state index contributed by atoms with van der Waals surface area (Å²) in [6.07, 6.45) is 0. The van der Waals surface area contributed by atoms with Crippen molar-refractivity contribution in [1.29, 1.82) is 0 Å². The number of carbonyl (C=O) groups is 1. The molecule has 0 fully saturated rings. The Morgan fingerprint density at radius 3 is 2.83 bits per heavy atom. The molecule has 0 spiro atoms. The molecule has 3 rings (SSSR count). The fraction of sp³-hybridized carbons (Fsp3) is 0.231. The van der Waals surface area contributed by atoms with Crippen molar-refractivity contribution < 1.29 is 4.79 Å². The second-order valence-electron chi connectivity index (χ2n) is 4.54. The molecule has 0 bridgehead atoms. The first-order chi connectivity index (χ1) is 11.2. The maximum absolute atomic E-state index is 12.1. The highest BCUT2D eigenvalue weighted by Crippen LogP contribution is 2.21. The summed E-state index contributed by atoms with van der Waals surface area (Å²) in [4.78, 5) is 12.1. The summed E-state index contributed by atoms with van der Waals surface area (Å²) >= 11 is 2.72. The van der Waals surface area contributed by atoms with Gasteiger partial charge in [0.25, 0.3) is 5.91 Å². The third kappa shape index (κ3) is 4.11. The van der Waals surface area contributed by atoms with E-state index in [4.69, 9.17) is 0 Å². The number of aromatic nitrogens is 6. The largest absolute Gasteiger partial charge is 0.346 e. The van der Waals surface area contributed by atoms with Gasteiger partial charge in [-0.15, -0.1) is 15.3 Å². The lowest BCUT2D eigenvalue weighted by molar-refractivity contribution is 0.0950. The van der Waals surface area contributed by atoms with Gasteiger partial charge in [0.2, 0.25) is 10.2 Å². The van der Waals surface area contributed by atoms with Crippen molar-refractivity contribution in [3.05, 3.63) is 45.9 Å². The van der Waals surface area contributed by atoms with Crippen LogP contribution >= 0.6 is 23.1 Å². The zero-order valence-corrected chi connectivity index (χ0v) is 13.8. The average Bonchev–Trinajstić information content (AvgIpc) is 3.20. The minimum atomic E-state index is -0.220. The Labute approximate surface area is 140 Å². The van der Waals surface area contributed by atoms with Crippen LogP contribution in [-0.2, 0) is 19.3 Å². The van der Waals surface area contributed by atoms with Crippen LogP contribution in [0.3, 0.4) is 0 Å². The third-order valence-corrected chi connectivity index (χ3v) is 4.99. The van der Waals surface area contributed by atoms with Crippen LogP contribution < -0.4 is 5.32 Å². The van der Waals surface area contributed by atoms with Crippen LogP contribution in [-0.4, -0.2) is 36.3 Å². The van der Waals surface area contributed by atoms with Gasteiger partial charge >= 0.3 is 0 Å². The summed E-state index contributed by atoms with van der Waals surface area (Å²) in [6.45, 7) is 0.466. The quantitative estimate of drug-likeness (QED) is 0.671. The fourth-order valence-corrected chi connectivity index (χ4v) is 3.32. The maximum Gasteiger partial charge on any atom is 0.282 e. The smallest absolute Gasteiger partial charge is 0.282 e. The summed E-state index contributed by atoms with van der Waals surface area (Å²) in [6, 6.07) is 9.72. The molecular formula is C13H13N7OS2. The van der Waals surface area contributed by atoms with Crippen molar-refractivity contribution in [3.8, 4) is 0 Å². The van der Waals surface area contributed by atoms with Gasteiger partial charge < -0.3 is 5.32 Å². The standard InChI is InChI=1S/C13H13N7OS2/c1-20-13(17-18-19-20)22-8-10-15-16-12(23-10)11(21)14-7-9-5-3-2-4-6-9/h2-6H,7-8H2,1H3,(H,14,21). The molecule has 0 radical (unpaired) electrons. The normalized spacial score (nSPS) is 10.7. The van der Waals surface area contributed by atoms with Gasteiger partial charge in [0, 0.05) is 13.6 Å². The third-order valence-electron chi connectivity index (χ3n) is 2.86. The Balaban J connectivity index is 1.54. The lowest BCUT2D eigenvalue weighted by atomic mass is 10.2. The zero-order valence-electron chi connectivity index (χ0n) is 12.2. The van der Waals surface area contributed by atoms with E-state index in [9.17, 15) is 4.79 Å². The van der Waals surface area contributed by atoms with E-state index in [1.54, 1.807) is 11.7 Å². The summed E-state index contributed by atoms with van der Waals surface area (Å²) in [5.41, 5.74) is 1.04. The minimum Gasteiger partial charge on any atom is -0.346 e.